The van der Waals surface area contributed by atoms with Crippen LogP contribution < -0.4 is 10.3 Å². The maximum absolute atomic E-state index is 12.6. The lowest BCUT2D eigenvalue weighted by Gasteiger charge is -2.29. The monoisotopic (exact) mass is 296 g/mol. The van der Waals surface area contributed by atoms with Crippen molar-refractivity contribution in [1.82, 2.24) is 4.98 Å². The number of aromatic nitrogens is 1. The first kappa shape index (κ1) is 13.2. The molecule has 2 aromatic carbocycles. The van der Waals surface area contributed by atoms with Gasteiger partial charge in [0.05, 0.1) is 24.1 Å². The van der Waals surface area contributed by atoms with Crippen molar-refractivity contribution >= 4 is 27.5 Å². The number of fused-ring (bicyclic) bond motifs is 2. The van der Waals surface area contributed by atoms with Gasteiger partial charge in [0.25, 0.3) is 0 Å². The van der Waals surface area contributed by atoms with Crippen LogP contribution in [-0.2, 0) is 4.74 Å². The van der Waals surface area contributed by atoms with Gasteiger partial charge in [0.15, 0.2) is 0 Å². The number of hydrogen-bond donors (Lipinski definition) is 2. The Hall–Kier alpha value is -2.53. The van der Waals surface area contributed by atoms with Gasteiger partial charge in [0.1, 0.15) is 5.75 Å². The largest absolute Gasteiger partial charge is 0.507 e. The first-order valence-corrected chi connectivity index (χ1v) is 7.34. The van der Waals surface area contributed by atoms with Gasteiger partial charge < -0.3 is 19.7 Å². The van der Waals surface area contributed by atoms with E-state index in [0.29, 0.717) is 29.5 Å². The number of phenolic OH excluding ortho intramolecular Hbond substituents is 1. The molecular formula is C17H16N2O3. The van der Waals surface area contributed by atoms with Crippen LogP contribution in [0.2, 0.25) is 0 Å². The highest BCUT2D eigenvalue weighted by Crippen LogP contribution is 2.29. The average molecular weight is 296 g/mol. The Kier molecular flexibility index (Phi) is 3.01. The molecular weight excluding hydrogens is 280 g/mol. The zero-order valence-corrected chi connectivity index (χ0v) is 12.0. The van der Waals surface area contributed by atoms with Gasteiger partial charge >= 0.3 is 0 Å². The van der Waals surface area contributed by atoms with Gasteiger partial charge in [0, 0.05) is 35.7 Å². The number of benzene rings is 2. The number of aromatic amines is 1. The van der Waals surface area contributed by atoms with Gasteiger partial charge in [-0.25, -0.2) is 0 Å². The molecule has 0 unspecified atom stereocenters. The zero-order valence-electron chi connectivity index (χ0n) is 12.0. The van der Waals surface area contributed by atoms with E-state index in [4.69, 9.17) is 4.74 Å². The molecule has 2 N–H and O–H groups in total. The molecule has 22 heavy (non-hydrogen) atoms. The number of nitrogens with zero attached hydrogens (tertiary/aromatic N) is 1. The van der Waals surface area contributed by atoms with Gasteiger partial charge in [-0.05, 0) is 18.2 Å². The van der Waals surface area contributed by atoms with E-state index in [1.807, 2.05) is 24.3 Å². The molecule has 112 valence electrons. The molecule has 0 atom stereocenters. The molecule has 0 bridgehead atoms. The molecule has 5 nitrogen and oxygen atoms in total. The van der Waals surface area contributed by atoms with Gasteiger partial charge in [-0.1, -0.05) is 12.1 Å². The van der Waals surface area contributed by atoms with Crippen LogP contribution in [0, 0.1) is 0 Å². The lowest BCUT2D eigenvalue weighted by atomic mass is 10.1. The minimum Gasteiger partial charge on any atom is -0.507 e. The summed E-state index contributed by atoms with van der Waals surface area (Å²) in [4.78, 5) is 18.0. The van der Waals surface area contributed by atoms with Crippen molar-refractivity contribution in [2.75, 3.05) is 31.2 Å². The van der Waals surface area contributed by atoms with Crippen molar-refractivity contribution in [2.45, 2.75) is 0 Å². The van der Waals surface area contributed by atoms with Gasteiger partial charge in [-0.15, -0.1) is 0 Å². The third kappa shape index (κ3) is 2.02. The Morgan fingerprint density at radius 2 is 1.86 bits per heavy atom. The quantitative estimate of drug-likeness (QED) is 0.676. The highest BCUT2D eigenvalue weighted by molar-refractivity contribution is 5.97. The number of hydrogen-bond acceptors (Lipinski definition) is 4. The van der Waals surface area contributed by atoms with Gasteiger partial charge in [-0.2, -0.15) is 0 Å². The van der Waals surface area contributed by atoms with Gasteiger partial charge in [-0.3, -0.25) is 4.79 Å². The van der Waals surface area contributed by atoms with Crippen LogP contribution in [0.1, 0.15) is 0 Å². The molecule has 4 rings (SSSR count). The third-order valence-electron chi connectivity index (χ3n) is 4.15. The summed E-state index contributed by atoms with van der Waals surface area (Å²) in [6.45, 7) is 2.91. The summed E-state index contributed by atoms with van der Waals surface area (Å²) >= 11 is 0. The molecule has 2 heterocycles. The molecule has 0 radical (unpaired) electrons. The van der Waals surface area contributed by atoms with E-state index < -0.39 is 0 Å². The second-order valence-corrected chi connectivity index (χ2v) is 5.49. The predicted octanol–water partition coefficient (Wildman–Crippen LogP) is 2.22. The van der Waals surface area contributed by atoms with Gasteiger partial charge in [0.2, 0.25) is 5.43 Å². The summed E-state index contributed by atoms with van der Waals surface area (Å²) in [5.41, 5.74) is 2.19. The van der Waals surface area contributed by atoms with Crippen molar-refractivity contribution in [3.63, 3.8) is 0 Å². The molecule has 0 saturated carbocycles. The fourth-order valence-corrected chi connectivity index (χ4v) is 3.02. The fourth-order valence-electron chi connectivity index (χ4n) is 3.02. The average Bonchev–Trinajstić information content (AvgIpc) is 2.55. The lowest BCUT2D eigenvalue weighted by Crippen LogP contribution is -2.36. The van der Waals surface area contributed by atoms with E-state index in [-0.39, 0.29) is 11.2 Å². The van der Waals surface area contributed by atoms with Crippen LogP contribution >= 0.6 is 0 Å². The highest BCUT2D eigenvalue weighted by Gasteiger charge is 2.16. The molecule has 5 heteroatoms. The molecule has 1 saturated heterocycles. The van der Waals surface area contributed by atoms with Crippen molar-refractivity contribution < 1.29 is 9.84 Å². The summed E-state index contributed by atoms with van der Waals surface area (Å²) in [6.07, 6.45) is 0. The number of H-pyrrole nitrogens is 1. The van der Waals surface area contributed by atoms with Crippen LogP contribution in [0.15, 0.2) is 41.2 Å². The van der Waals surface area contributed by atoms with E-state index in [9.17, 15) is 9.90 Å². The standard InChI is InChI=1S/C17H16N2O3/c20-15-10-11(19-5-7-22-8-6-19)9-14-16(15)17(21)12-3-1-2-4-13(12)18-14/h1-4,9-10,20H,5-8H2,(H,18,21). The minimum absolute atomic E-state index is 0.0194. The SMILES string of the molecule is O=c1c2ccccc2[nH]c2cc(N3CCOCC3)cc(O)c12. The summed E-state index contributed by atoms with van der Waals surface area (Å²) in [5.74, 6) is 0.0194. The number of morpholine rings is 1. The van der Waals surface area contributed by atoms with Crippen molar-refractivity contribution in [3.05, 3.63) is 46.6 Å². The molecule has 1 aliphatic rings. The Balaban J connectivity index is 1.97. The predicted molar refractivity (Wildman–Crippen MR) is 86.8 cm³/mol. The number of aromatic hydroxyl groups is 1. The number of pyridine rings is 1. The maximum atomic E-state index is 12.6. The molecule has 0 spiro atoms. The smallest absolute Gasteiger partial charge is 0.200 e. The Labute approximate surface area is 126 Å². The Bertz CT molecular complexity index is 911. The Morgan fingerprint density at radius 3 is 2.68 bits per heavy atom. The second-order valence-electron chi connectivity index (χ2n) is 5.49. The lowest BCUT2D eigenvalue weighted by molar-refractivity contribution is 0.122. The number of rotatable bonds is 1. The van der Waals surface area contributed by atoms with Crippen LogP contribution in [0.4, 0.5) is 5.69 Å². The maximum Gasteiger partial charge on any atom is 0.200 e. The Morgan fingerprint density at radius 1 is 1.09 bits per heavy atom. The molecule has 0 aliphatic carbocycles. The number of para-hydroxylation sites is 1. The molecule has 3 aromatic rings. The van der Waals surface area contributed by atoms with E-state index in [1.54, 1.807) is 12.1 Å². The highest BCUT2D eigenvalue weighted by atomic mass is 16.5. The number of phenols is 1. The first-order chi connectivity index (χ1) is 10.7. The normalized spacial score (nSPS) is 15.5. The van der Waals surface area contributed by atoms with Crippen LogP contribution in [0.25, 0.3) is 21.8 Å². The summed E-state index contributed by atoms with van der Waals surface area (Å²) < 4.78 is 5.35. The number of nitrogens with one attached hydrogen (secondary N) is 1. The second kappa shape index (κ2) is 5.03. The zero-order chi connectivity index (χ0) is 15.1. The topological polar surface area (TPSA) is 65.6 Å². The summed E-state index contributed by atoms with van der Waals surface area (Å²) in [6, 6.07) is 10.9. The van der Waals surface area contributed by atoms with Crippen molar-refractivity contribution in [2.24, 2.45) is 0 Å². The fraction of sp³-hybridized carbons (Fsp3) is 0.235. The number of anilines is 1. The molecule has 1 aromatic heterocycles. The van der Waals surface area contributed by atoms with Crippen LogP contribution in [0.5, 0.6) is 5.75 Å². The summed E-state index contributed by atoms with van der Waals surface area (Å²) in [7, 11) is 0. The first-order valence-electron chi connectivity index (χ1n) is 7.34. The molecule has 1 fully saturated rings. The minimum atomic E-state index is -0.143. The van der Waals surface area contributed by atoms with E-state index in [2.05, 4.69) is 9.88 Å². The molecule has 0 amide bonds. The van der Waals surface area contributed by atoms with E-state index >= 15 is 0 Å². The van der Waals surface area contributed by atoms with Crippen molar-refractivity contribution in [1.29, 1.82) is 0 Å². The number of ether oxygens (including phenoxy) is 1. The summed E-state index contributed by atoms with van der Waals surface area (Å²) in [5, 5.41) is 11.3. The van der Waals surface area contributed by atoms with Crippen LogP contribution in [-0.4, -0.2) is 36.4 Å². The van der Waals surface area contributed by atoms with Crippen LogP contribution in [0.3, 0.4) is 0 Å². The van der Waals surface area contributed by atoms with Crippen molar-refractivity contribution in [3.8, 4) is 5.75 Å². The van der Waals surface area contributed by atoms with E-state index in [1.165, 1.54) is 0 Å². The third-order valence-corrected chi connectivity index (χ3v) is 4.15. The van der Waals surface area contributed by atoms with E-state index in [0.717, 1.165) is 24.3 Å². The molecule has 1 aliphatic heterocycles.